The zero-order valence-corrected chi connectivity index (χ0v) is 12.9. The van der Waals surface area contributed by atoms with Crippen LogP contribution in [-0.2, 0) is 9.59 Å². The molecule has 2 atom stereocenters. The number of nitrogens with two attached hydrogens (primary N) is 1. The molecule has 1 aromatic rings. The number of benzene rings is 1. The van der Waals surface area contributed by atoms with Gasteiger partial charge in [-0.2, -0.15) is 0 Å². The summed E-state index contributed by atoms with van der Waals surface area (Å²) in [5.74, 6) is -0.635. The van der Waals surface area contributed by atoms with Gasteiger partial charge in [0.05, 0.1) is 5.75 Å². The van der Waals surface area contributed by atoms with Gasteiger partial charge in [0.15, 0.2) is 0 Å². The Bertz CT molecular complexity index is 550. The van der Waals surface area contributed by atoms with E-state index in [1.165, 1.54) is 22.7 Å². The number of hydrogen-bond acceptors (Lipinski definition) is 3. The SMILES string of the molecule is CC(C)CC(C(N)=O)N1C(=O)CSC1c1ccccc1F. The fourth-order valence-electron chi connectivity index (χ4n) is 2.50. The summed E-state index contributed by atoms with van der Waals surface area (Å²) in [5.41, 5.74) is 5.89. The molecule has 1 aliphatic rings. The Morgan fingerprint density at radius 1 is 1.48 bits per heavy atom. The van der Waals surface area contributed by atoms with E-state index in [0.29, 0.717) is 12.0 Å². The molecule has 0 bridgehead atoms. The molecule has 0 aliphatic carbocycles. The first-order valence-electron chi connectivity index (χ1n) is 6.88. The van der Waals surface area contributed by atoms with Crippen molar-refractivity contribution < 1.29 is 14.0 Å². The summed E-state index contributed by atoms with van der Waals surface area (Å²) >= 11 is 1.33. The molecule has 0 saturated carbocycles. The van der Waals surface area contributed by atoms with Crippen molar-refractivity contribution in [2.24, 2.45) is 11.7 Å². The van der Waals surface area contributed by atoms with Crippen LogP contribution in [-0.4, -0.2) is 28.5 Å². The van der Waals surface area contributed by atoms with Gasteiger partial charge in [-0.25, -0.2) is 4.39 Å². The molecule has 6 heteroatoms. The van der Waals surface area contributed by atoms with Crippen molar-refractivity contribution in [1.29, 1.82) is 0 Å². The molecule has 21 heavy (non-hydrogen) atoms. The molecule has 1 saturated heterocycles. The predicted octanol–water partition coefficient (Wildman–Crippen LogP) is 2.30. The highest BCUT2D eigenvalue weighted by atomic mass is 32.2. The minimum atomic E-state index is -0.697. The van der Waals surface area contributed by atoms with Gasteiger partial charge >= 0.3 is 0 Å². The zero-order valence-electron chi connectivity index (χ0n) is 12.1. The Morgan fingerprint density at radius 3 is 2.71 bits per heavy atom. The van der Waals surface area contributed by atoms with Crippen molar-refractivity contribution >= 4 is 23.6 Å². The van der Waals surface area contributed by atoms with Crippen LogP contribution in [0.1, 0.15) is 31.2 Å². The standard InChI is InChI=1S/C15H19FN2O2S/c1-9(2)7-12(14(17)20)18-13(19)8-21-15(18)10-5-3-4-6-11(10)16/h3-6,9,12,15H,7-8H2,1-2H3,(H2,17,20). The molecule has 0 aromatic heterocycles. The van der Waals surface area contributed by atoms with E-state index in [1.54, 1.807) is 18.2 Å². The average Bonchev–Trinajstić information content (AvgIpc) is 2.78. The quantitative estimate of drug-likeness (QED) is 0.907. The lowest BCUT2D eigenvalue weighted by molar-refractivity contribution is -0.137. The second-order valence-corrected chi connectivity index (χ2v) is 6.60. The molecule has 0 radical (unpaired) electrons. The molecule has 0 spiro atoms. The lowest BCUT2D eigenvalue weighted by Gasteiger charge is -2.32. The molecule has 4 nitrogen and oxygen atoms in total. The van der Waals surface area contributed by atoms with E-state index in [1.807, 2.05) is 13.8 Å². The van der Waals surface area contributed by atoms with Crippen molar-refractivity contribution in [2.75, 3.05) is 5.75 Å². The van der Waals surface area contributed by atoms with Gasteiger partial charge in [0.25, 0.3) is 0 Å². The molecule has 1 heterocycles. The third-order valence-electron chi connectivity index (χ3n) is 3.44. The number of halogens is 1. The highest BCUT2D eigenvalue weighted by Gasteiger charge is 2.41. The molecule has 1 fully saturated rings. The Labute approximate surface area is 127 Å². The predicted molar refractivity (Wildman–Crippen MR) is 80.9 cm³/mol. The second kappa shape index (κ2) is 6.47. The van der Waals surface area contributed by atoms with Gasteiger partial charge in [-0.1, -0.05) is 32.0 Å². The smallest absolute Gasteiger partial charge is 0.240 e. The third-order valence-corrected chi connectivity index (χ3v) is 4.65. The zero-order chi connectivity index (χ0) is 15.6. The first kappa shape index (κ1) is 15.8. The topological polar surface area (TPSA) is 63.4 Å². The Balaban J connectivity index is 2.36. The third kappa shape index (κ3) is 3.37. The number of carbonyl (C=O) groups is 2. The number of hydrogen-bond donors (Lipinski definition) is 1. The van der Waals surface area contributed by atoms with Gasteiger partial charge in [0, 0.05) is 5.56 Å². The van der Waals surface area contributed by atoms with Crippen LogP contribution in [0, 0.1) is 11.7 Å². The summed E-state index contributed by atoms with van der Waals surface area (Å²) in [6.45, 7) is 3.92. The number of primary amides is 1. The van der Waals surface area contributed by atoms with Crippen LogP contribution < -0.4 is 5.73 Å². The van der Waals surface area contributed by atoms with Crippen molar-refractivity contribution in [3.8, 4) is 0 Å². The van der Waals surface area contributed by atoms with Crippen LogP contribution in [0.5, 0.6) is 0 Å². The van der Waals surface area contributed by atoms with E-state index in [0.717, 1.165) is 0 Å². The van der Waals surface area contributed by atoms with E-state index in [2.05, 4.69) is 0 Å². The molecule has 1 aliphatic heterocycles. The van der Waals surface area contributed by atoms with Crippen LogP contribution in [0.2, 0.25) is 0 Å². The summed E-state index contributed by atoms with van der Waals surface area (Å²) in [6, 6.07) is 5.63. The van der Waals surface area contributed by atoms with Crippen LogP contribution in [0.3, 0.4) is 0 Å². The van der Waals surface area contributed by atoms with Crippen molar-refractivity contribution in [2.45, 2.75) is 31.7 Å². The monoisotopic (exact) mass is 310 g/mol. The number of thioether (sulfide) groups is 1. The second-order valence-electron chi connectivity index (χ2n) is 5.53. The Morgan fingerprint density at radius 2 is 2.14 bits per heavy atom. The largest absolute Gasteiger partial charge is 0.368 e. The lowest BCUT2D eigenvalue weighted by Crippen LogP contribution is -2.47. The highest BCUT2D eigenvalue weighted by Crippen LogP contribution is 2.41. The normalized spacial score (nSPS) is 20.1. The number of nitrogens with zero attached hydrogens (tertiary/aromatic N) is 1. The fraction of sp³-hybridized carbons (Fsp3) is 0.467. The van der Waals surface area contributed by atoms with Crippen molar-refractivity contribution in [3.63, 3.8) is 0 Å². The number of carbonyl (C=O) groups excluding carboxylic acids is 2. The molecular formula is C15H19FN2O2S. The van der Waals surface area contributed by atoms with Crippen LogP contribution in [0.25, 0.3) is 0 Å². The minimum Gasteiger partial charge on any atom is -0.368 e. The van der Waals surface area contributed by atoms with Gasteiger partial charge < -0.3 is 10.6 Å². The van der Waals surface area contributed by atoms with E-state index in [4.69, 9.17) is 5.73 Å². The maximum absolute atomic E-state index is 14.0. The van der Waals surface area contributed by atoms with Crippen molar-refractivity contribution in [1.82, 2.24) is 4.90 Å². The molecule has 2 amide bonds. The maximum atomic E-state index is 14.0. The summed E-state index contributed by atoms with van der Waals surface area (Å²) in [5, 5.41) is -0.491. The van der Waals surface area contributed by atoms with Gasteiger partial charge in [-0.05, 0) is 18.4 Å². The molecule has 2 rings (SSSR count). The molecular weight excluding hydrogens is 291 g/mol. The fourth-order valence-corrected chi connectivity index (χ4v) is 3.75. The average molecular weight is 310 g/mol. The van der Waals surface area contributed by atoms with Gasteiger partial charge in [-0.15, -0.1) is 11.8 Å². The van der Waals surface area contributed by atoms with Gasteiger partial charge in [0.2, 0.25) is 11.8 Å². The number of rotatable bonds is 5. The van der Waals surface area contributed by atoms with Crippen molar-refractivity contribution in [3.05, 3.63) is 35.6 Å². The number of amides is 2. The Hall–Kier alpha value is -1.56. The summed E-state index contributed by atoms with van der Waals surface area (Å²) in [7, 11) is 0. The van der Waals surface area contributed by atoms with E-state index < -0.39 is 17.3 Å². The lowest BCUT2D eigenvalue weighted by atomic mass is 10.0. The minimum absolute atomic E-state index is 0.169. The van der Waals surface area contributed by atoms with Crippen LogP contribution >= 0.6 is 11.8 Å². The summed E-state index contributed by atoms with van der Waals surface area (Å²) < 4.78 is 14.0. The maximum Gasteiger partial charge on any atom is 0.240 e. The van der Waals surface area contributed by atoms with E-state index in [9.17, 15) is 14.0 Å². The summed E-state index contributed by atoms with van der Waals surface area (Å²) in [6.07, 6.45) is 0.479. The first-order chi connectivity index (χ1) is 9.91. The Kier molecular flexibility index (Phi) is 4.88. The highest BCUT2D eigenvalue weighted by molar-refractivity contribution is 8.00. The summed E-state index contributed by atoms with van der Waals surface area (Å²) in [4.78, 5) is 25.4. The first-order valence-corrected chi connectivity index (χ1v) is 7.93. The molecule has 2 unspecified atom stereocenters. The van der Waals surface area contributed by atoms with Crippen LogP contribution in [0.4, 0.5) is 4.39 Å². The van der Waals surface area contributed by atoms with Gasteiger partial charge in [0.1, 0.15) is 17.2 Å². The van der Waals surface area contributed by atoms with Crippen LogP contribution in [0.15, 0.2) is 24.3 Å². The molecule has 2 N–H and O–H groups in total. The van der Waals surface area contributed by atoms with Gasteiger partial charge in [-0.3, -0.25) is 9.59 Å². The van der Waals surface area contributed by atoms with E-state index in [-0.39, 0.29) is 23.4 Å². The molecule has 114 valence electrons. The molecule has 1 aromatic carbocycles. The van der Waals surface area contributed by atoms with E-state index >= 15 is 0 Å².